The average molecular weight is 468 g/mol. The van der Waals surface area contributed by atoms with Crippen molar-refractivity contribution < 1.29 is 27.2 Å². The highest BCUT2D eigenvalue weighted by Gasteiger charge is 2.49. The molecule has 2 aromatic rings. The van der Waals surface area contributed by atoms with Gasteiger partial charge in [-0.1, -0.05) is 6.07 Å². The number of hydrogen-bond donors (Lipinski definition) is 2. The van der Waals surface area contributed by atoms with E-state index in [0.29, 0.717) is 36.6 Å². The van der Waals surface area contributed by atoms with Gasteiger partial charge in [0.25, 0.3) is 5.91 Å². The number of benzene rings is 1. The fourth-order valence-corrected chi connectivity index (χ4v) is 5.12. The molecule has 33 heavy (non-hydrogen) atoms. The molecule has 2 heterocycles. The van der Waals surface area contributed by atoms with Crippen molar-refractivity contribution in [1.82, 2.24) is 20.1 Å². The molecule has 0 bridgehead atoms. The zero-order valence-electron chi connectivity index (χ0n) is 18.6. The Labute approximate surface area is 189 Å². The molecule has 4 rings (SSSR count). The quantitative estimate of drug-likeness (QED) is 0.675. The molecule has 6 nitrogen and oxygen atoms in total. The Bertz CT molecular complexity index is 1010. The third-order valence-electron chi connectivity index (χ3n) is 6.89. The van der Waals surface area contributed by atoms with Crippen molar-refractivity contribution in [3.05, 3.63) is 35.3 Å². The highest BCUT2D eigenvalue weighted by molar-refractivity contribution is 5.99. The summed E-state index contributed by atoms with van der Waals surface area (Å²) in [4.78, 5) is 30.1. The van der Waals surface area contributed by atoms with E-state index in [1.165, 1.54) is 28.9 Å². The topological polar surface area (TPSA) is 68.4 Å². The lowest BCUT2D eigenvalue weighted by Crippen LogP contribution is -2.63. The zero-order chi connectivity index (χ0) is 23.9. The highest BCUT2D eigenvalue weighted by atomic mass is 19.4. The van der Waals surface area contributed by atoms with Gasteiger partial charge in [0.2, 0.25) is 5.91 Å². The van der Waals surface area contributed by atoms with Crippen LogP contribution in [0.5, 0.6) is 0 Å². The first kappa shape index (κ1) is 23.5. The lowest BCUT2D eigenvalue weighted by atomic mass is 9.88. The number of nitrogens with zero attached hydrogens (tertiary/aromatic N) is 2. The highest BCUT2D eigenvalue weighted by Crippen LogP contribution is 2.34. The Morgan fingerprint density at radius 3 is 2.61 bits per heavy atom. The van der Waals surface area contributed by atoms with Gasteiger partial charge in [0.05, 0.1) is 5.52 Å². The van der Waals surface area contributed by atoms with Crippen LogP contribution in [0.15, 0.2) is 18.2 Å². The van der Waals surface area contributed by atoms with Crippen LogP contribution in [-0.4, -0.2) is 70.5 Å². The first-order valence-electron chi connectivity index (χ1n) is 11.2. The van der Waals surface area contributed by atoms with Crippen molar-refractivity contribution in [2.24, 2.45) is 0 Å². The number of nitrogens with one attached hydrogen (secondary N) is 2. The Morgan fingerprint density at radius 1 is 1.18 bits per heavy atom. The molecule has 1 aromatic heterocycles. The van der Waals surface area contributed by atoms with E-state index in [2.05, 4.69) is 10.3 Å². The van der Waals surface area contributed by atoms with Crippen LogP contribution in [-0.2, 0) is 4.79 Å². The third-order valence-corrected chi connectivity index (χ3v) is 6.89. The van der Waals surface area contributed by atoms with Crippen molar-refractivity contribution in [2.75, 3.05) is 19.6 Å². The molecule has 180 valence electrons. The molecule has 2 N–H and O–H groups in total. The first-order chi connectivity index (χ1) is 15.5. The predicted octanol–water partition coefficient (Wildman–Crippen LogP) is 3.75. The molecule has 1 saturated carbocycles. The Morgan fingerprint density at radius 2 is 1.94 bits per heavy atom. The lowest BCUT2D eigenvalue weighted by molar-refractivity contribution is -0.205. The van der Waals surface area contributed by atoms with Crippen LogP contribution in [0.25, 0.3) is 10.9 Å². The molecule has 10 heteroatoms. The summed E-state index contributed by atoms with van der Waals surface area (Å²) in [5.41, 5.74) is 1.59. The standard InChI is InChI=1S/C23H28F4N4O2/c1-13-6-7-18(24)17-11-19(29-21(13)17)22(33)28-15-4-3-5-16(10-15)31-9-8-30(14(2)32)12-20(31)23(25,26)27/h6-7,11,15-16,20,29H,3-5,8-10,12H2,1-2H3,(H,28,33)/t15-,16+,20?/m1/s1. The summed E-state index contributed by atoms with van der Waals surface area (Å²) in [6.07, 6.45) is -2.09. The molecule has 1 aliphatic carbocycles. The van der Waals surface area contributed by atoms with Gasteiger partial charge in [0.15, 0.2) is 0 Å². The molecule has 1 saturated heterocycles. The smallest absolute Gasteiger partial charge is 0.350 e. The maximum atomic E-state index is 14.1. The molecule has 2 aliphatic rings. The molecule has 1 aliphatic heterocycles. The second kappa shape index (κ2) is 8.96. The molecule has 3 atom stereocenters. The van der Waals surface area contributed by atoms with Crippen LogP contribution in [0, 0.1) is 12.7 Å². The number of aromatic nitrogens is 1. The summed E-state index contributed by atoms with van der Waals surface area (Å²) < 4.78 is 55.5. The van der Waals surface area contributed by atoms with Gasteiger partial charge < -0.3 is 15.2 Å². The van der Waals surface area contributed by atoms with Crippen molar-refractivity contribution in [1.29, 1.82) is 0 Å². The summed E-state index contributed by atoms with van der Waals surface area (Å²) in [5.74, 6) is -1.18. The Hall–Kier alpha value is -2.62. The van der Waals surface area contributed by atoms with Crippen LogP contribution in [0.4, 0.5) is 17.6 Å². The number of fused-ring (bicyclic) bond motifs is 1. The van der Waals surface area contributed by atoms with Crippen molar-refractivity contribution in [3.8, 4) is 0 Å². The molecular weight excluding hydrogens is 440 g/mol. The Kier molecular flexibility index (Phi) is 6.39. The fourth-order valence-electron chi connectivity index (χ4n) is 5.12. The van der Waals surface area contributed by atoms with E-state index in [-0.39, 0.29) is 43.3 Å². The molecule has 1 unspecified atom stereocenters. The number of H-pyrrole nitrogens is 1. The number of hydrogen-bond acceptors (Lipinski definition) is 3. The number of aromatic amines is 1. The molecule has 1 aromatic carbocycles. The van der Waals surface area contributed by atoms with Crippen molar-refractivity contribution in [3.63, 3.8) is 0 Å². The first-order valence-corrected chi connectivity index (χ1v) is 11.2. The zero-order valence-corrected chi connectivity index (χ0v) is 18.6. The van der Waals surface area contributed by atoms with Gasteiger partial charge in [-0.2, -0.15) is 13.2 Å². The SMILES string of the molecule is CC(=O)N1CCN([C@H]2CCC[C@@H](NC(=O)c3cc4c(F)ccc(C)c4[nH]3)C2)C(C(F)(F)F)C1. The molecule has 2 amide bonds. The number of amides is 2. The number of aryl methyl sites for hydroxylation is 1. The minimum absolute atomic E-state index is 0.148. The molecule has 0 spiro atoms. The molecule has 0 radical (unpaired) electrons. The predicted molar refractivity (Wildman–Crippen MR) is 115 cm³/mol. The third kappa shape index (κ3) is 4.85. The van der Waals surface area contributed by atoms with Gasteiger partial charge in [0.1, 0.15) is 17.6 Å². The van der Waals surface area contributed by atoms with Crippen molar-refractivity contribution in [2.45, 2.75) is 63.8 Å². The summed E-state index contributed by atoms with van der Waals surface area (Å²) in [6.45, 7) is 3.14. The van der Waals surface area contributed by atoms with E-state index in [9.17, 15) is 27.2 Å². The van der Waals surface area contributed by atoms with Gasteiger partial charge in [-0.05, 0) is 50.3 Å². The minimum atomic E-state index is -4.45. The van der Waals surface area contributed by atoms with Gasteiger partial charge in [0, 0.05) is 44.0 Å². The average Bonchev–Trinajstić information content (AvgIpc) is 3.23. The van der Waals surface area contributed by atoms with Crippen LogP contribution < -0.4 is 5.32 Å². The van der Waals surface area contributed by atoms with E-state index in [1.54, 1.807) is 6.07 Å². The summed E-state index contributed by atoms with van der Waals surface area (Å²) in [7, 11) is 0. The van der Waals surface area contributed by atoms with E-state index in [1.807, 2.05) is 6.92 Å². The summed E-state index contributed by atoms with van der Waals surface area (Å²) in [5, 5.41) is 3.25. The summed E-state index contributed by atoms with van der Waals surface area (Å²) in [6, 6.07) is 2.11. The monoisotopic (exact) mass is 468 g/mol. The number of rotatable bonds is 3. The molecular formula is C23H28F4N4O2. The Balaban J connectivity index is 1.46. The van der Waals surface area contributed by atoms with Crippen LogP contribution in [0.3, 0.4) is 0 Å². The number of carbonyl (C=O) groups is 2. The van der Waals surface area contributed by atoms with Crippen LogP contribution >= 0.6 is 0 Å². The maximum absolute atomic E-state index is 14.1. The van der Waals surface area contributed by atoms with Gasteiger partial charge in [-0.25, -0.2) is 4.39 Å². The number of carbonyl (C=O) groups excluding carboxylic acids is 2. The second-order valence-electron chi connectivity index (χ2n) is 9.09. The largest absolute Gasteiger partial charge is 0.405 e. The number of halogens is 4. The maximum Gasteiger partial charge on any atom is 0.405 e. The van der Waals surface area contributed by atoms with E-state index >= 15 is 0 Å². The van der Waals surface area contributed by atoms with E-state index < -0.39 is 23.9 Å². The van der Waals surface area contributed by atoms with Crippen molar-refractivity contribution >= 4 is 22.7 Å². The van der Waals surface area contributed by atoms with Crippen LogP contribution in [0.1, 0.15) is 48.7 Å². The fraction of sp³-hybridized carbons (Fsp3) is 0.565. The summed E-state index contributed by atoms with van der Waals surface area (Å²) >= 11 is 0. The van der Waals surface area contributed by atoms with E-state index in [0.717, 1.165) is 5.56 Å². The molecule has 2 fully saturated rings. The van der Waals surface area contributed by atoms with Gasteiger partial charge >= 0.3 is 6.18 Å². The van der Waals surface area contributed by atoms with E-state index in [4.69, 9.17) is 0 Å². The minimum Gasteiger partial charge on any atom is -0.350 e. The normalized spacial score (nSPS) is 24.8. The van der Waals surface area contributed by atoms with Gasteiger partial charge in [-0.15, -0.1) is 0 Å². The second-order valence-corrected chi connectivity index (χ2v) is 9.09. The van der Waals surface area contributed by atoms with Crippen LogP contribution in [0.2, 0.25) is 0 Å². The lowest BCUT2D eigenvalue weighted by Gasteiger charge is -2.47. The van der Waals surface area contributed by atoms with Gasteiger partial charge in [-0.3, -0.25) is 14.5 Å². The number of alkyl halides is 3. The number of piperazine rings is 1.